The number of unbranched alkanes of at least 4 members (excludes halogenated alkanes) is 1. The third kappa shape index (κ3) is 6.79. The maximum absolute atomic E-state index is 10.8. The molecule has 16 heavy (non-hydrogen) atoms. The first-order valence-corrected chi connectivity index (χ1v) is 8.83. The summed E-state index contributed by atoms with van der Waals surface area (Å²) in [6.45, 7) is 11.2. The van der Waals surface area contributed by atoms with Crippen molar-refractivity contribution in [2.24, 2.45) is 0 Å². The first kappa shape index (κ1) is 15.4. The van der Waals surface area contributed by atoms with E-state index in [-0.39, 0.29) is 5.97 Å². The Morgan fingerprint density at radius 2 is 2.06 bits per heavy atom. The SMILES string of the molecule is C=CC(=O)OCCCC[Si](C)(CC)OCC. The Labute approximate surface area is 100.0 Å². The second kappa shape index (κ2) is 8.53. The minimum Gasteiger partial charge on any atom is -0.463 e. The van der Waals surface area contributed by atoms with Crippen LogP contribution in [-0.4, -0.2) is 27.5 Å². The molecule has 94 valence electrons. The largest absolute Gasteiger partial charge is 0.463 e. The first-order chi connectivity index (χ1) is 7.58. The molecule has 0 N–H and O–H groups in total. The Bertz CT molecular complexity index is 218. The average Bonchev–Trinajstić information content (AvgIpc) is 2.28. The van der Waals surface area contributed by atoms with Crippen LogP contribution in [0.2, 0.25) is 18.6 Å². The Hall–Kier alpha value is -0.613. The van der Waals surface area contributed by atoms with Gasteiger partial charge in [-0.2, -0.15) is 0 Å². The van der Waals surface area contributed by atoms with Gasteiger partial charge in [0.2, 0.25) is 0 Å². The second-order valence-electron chi connectivity index (χ2n) is 4.07. The molecule has 3 nitrogen and oxygen atoms in total. The Morgan fingerprint density at radius 1 is 1.38 bits per heavy atom. The van der Waals surface area contributed by atoms with Gasteiger partial charge in [-0.15, -0.1) is 0 Å². The topological polar surface area (TPSA) is 35.5 Å². The van der Waals surface area contributed by atoms with Crippen LogP contribution >= 0.6 is 0 Å². The summed E-state index contributed by atoms with van der Waals surface area (Å²) in [5.41, 5.74) is 0. The maximum Gasteiger partial charge on any atom is 0.330 e. The zero-order valence-electron chi connectivity index (χ0n) is 10.8. The van der Waals surface area contributed by atoms with E-state index < -0.39 is 8.32 Å². The molecule has 0 amide bonds. The predicted molar refractivity (Wildman–Crippen MR) is 68.9 cm³/mol. The van der Waals surface area contributed by atoms with Gasteiger partial charge in [0.25, 0.3) is 0 Å². The van der Waals surface area contributed by atoms with Crippen LogP contribution < -0.4 is 0 Å². The van der Waals surface area contributed by atoms with Crippen molar-refractivity contribution in [3.8, 4) is 0 Å². The first-order valence-electron chi connectivity index (χ1n) is 6.01. The van der Waals surface area contributed by atoms with Crippen LogP contribution in [0.3, 0.4) is 0 Å². The summed E-state index contributed by atoms with van der Waals surface area (Å²) in [5, 5.41) is 0. The van der Waals surface area contributed by atoms with E-state index in [0.29, 0.717) is 6.61 Å². The molecule has 1 unspecified atom stereocenters. The summed E-state index contributed by atoms with van der Waals surface area (Å²) in [5.74, 6) is -0.333. The lowest BCUT2D eigenvalue weighted by molar-refractivity contribution is -0.137. The zero-order valence-corrected chi connectivity index (χ0v) is 11.8. The molecular formula is C12H24O3Si. The van der Waals surface area contributed by atoms with Gasteiger partial charge in [0.1, 0.15) is 0 Å². The molecule has 0 aliphatic rings. The normalized spacial score (nSPS) is 14.2. The molecule has 4 heteroatoms. The van der Waals surface area contributed by atoms with E-state index in [2.05, 4.69) is 20.0 Å². The number of hydrogen-bond donors (Lipinski definition) is 0. The lowest BCUT2D eigenvalue weighted by Crippen LogP contribution is -2.33. The lowest BCUT2D eigenvalue weighted by Gasteiger charge is -2.25. The van der Waals surface area contributed by atoms with E-state index in [1.807, 2.05) is 6.92 Å². The van der Waals surface area contributed by atoms with Gasteiger partial charge in [-0.1, -0.05) is 19.9 Å². The summed E-state index contributed by atoms with van der Waals surface area (Å²) < 4.78 is 10.8. The van der Waals surface area contributed by atoms with Crippen molar-refractivity contribution in [2.45, 2.75) is 45.3 Å². The fraction of sp³-hybridized carbons (Fsp3) is 0.750. The minimum absolute atomic E-state index is 0.333. The van der Waals surface area contributed by atoms with Gasteiger partial charge in [0.05, 0.1) is 6.61 Å². The fourth-order valence-electron chi connectivity index (χ4n) is 1.53. The molecule has 0 bridgehead atoms. The molecule has 0 aromatic carbocycles. The summed E-state index contributed by atoms with van der Waals surface area (Å²) in [6.07, 6.45) is 3.18. The van der Waals surface area contributed by atoms with Crippen LogP contribution in [0.5, 0.6) is 0 Å². The summed E-state index contributed by atoms with van der Waals surface area (Å²) in [7, 11) is -1.47. The van der Waals surface area contributed by atoms with Crippen molar-refractivity contribution < 1.29 is 14.0 Å². The molecule has 0 aliphatic heterocycles. The Morgan fingerprint density at radius 3 is 2.56 bits per heavy atom. The predicted octanol–water partition coefficient (Wildman–Crippen LogP) is 3.13. The number of hydrogen-bond acceptors (Lipinski definition) is 3. The molecule has 0 fully saturated rings. The van der Waals surface area contributed by atoms with Crippen LogP contribution in [0.15, 0.2) is 12.7 Å². The van der Waals surface area contributed by atoms with Gasteiger partial charge in [0.15, 0.2) is 8.32 Å². The van der Waals surface area contributed by atoms with Gasteiger partial charge in [-0.3, -0.25) is 0 Å². The van der Waals surface area contributed by atoms with E-state index >= 15 is 0 Å². The zero-order chi connectivity index (χ0) is 12.4. The van der Waals surface area contributed by atoms with Crippen molar-refractivity contribution >= 4 is 14.3 Å². The van der Waals surface area contributed by atoms with Crippen molar-refractivity contribution in [3.05, 3.63) is 12.7 Å². The third-order valence-corrected chi connectivity index (χ3v) is 6.64. The quantitative estimate of drug-likeness (QED) is 0.270. The molecule has 0 aromatic heterocycles. The van der Waals surface area contributed by atoms with Gasteiger partial charge in [-0.05, 0) is 32.0 Å². The van der Waals surface area contributed by atoms with Crippen molar-refractivity contribution in [3.63, 3.8) is 0 Å². The van der Waals surface area contributed by atoms with E-state index in [4.69, 9.17) is 9.16 Å². The van der Waals surface area contributed by atoms with Gasteiger partial charge in [0, 0.05) is 12.7 Å². The van der Waals surface area contributed by atoms with Crippen LogP contribution in [-0.2, 0) is 14.0 Å². The smallest absolute Gasteiger partial charge is 0.330 e. The van der Waals surface area contributed by atoms with Gasteiger partial charge >= 0.3 is 5.97 Å². The van der Waals surface area contributed by atoms with Crippen LogP contribution in [0.25, 0.3) is 0 Å². The number of ether oxygens (including phenoxy) is 1. The average molecular weight is 244 g/mol. The monoisotopic (exact) mass is 244 g/mol. The van der Waals surface area contributed by atoms with Crippen LogP contribution in [0.4, 0.5) is 0 Å². The summed E-state index contributed by atoms with van der Waals surface area (Å²) in [4.78, 5) is 10.8. The molecule has 0 heterocycles. The molecule has 0 saturated carbocycles. The van der Waals surface area contributed by atoms with Crippen molar-refractivity contribution in [1.82, 2.24) is 0 Å². The number of carbonyl (C=O) groups excluding carboxylic acids is 1. The molecule has 0 saturated heterocycles. The molecule has 0 spiro atoms. The summed E-state index contributed by atoms with van der Waals surface area (Å²) >= 11 is 0. The molecular weight excluding hydrogens is 220 g/mol. The number of carbonyl (C=O) groups is 1. The molecule has 0 aliphatic carbocycles. The molecule has 0 radical (unpaired) electrons. The standard InChI is InChI=1S/C12H24O3Si/c1-5-12(13)14-10-8-9-11-16(4,7-3)15-6-2/h5H,1,6-11H2,2-4H3. The Balaban J connectivity index is 3.63. The summed E-state index contributed by atoms with van der Waals surface area (Å²) in [6, 6.07) is 2.29. The van der Waals surface area contributed by atoms with E-state index in [1.54, 1.807) is 0 Å². The van der Waals surface area contributed by atoms with Gasteiger partial charge < -0.3 is 9.16 Å². The number of esters is 1. The number of rotatable bonds is 9. The molecule has 0 rings (SSSR count). The van der Waals surface area contributed by atoms with Crippen LogP contribution in [0.1, 0.15) is 26.7 Å². The highest BCUT2D eigenvalue weighted by Gasteiger charge is 2.25. The third-order valence-electron chi connectivity index (χ3n) is 2.75. The molecule has 1 atom stereocenters. The second-order valence-corrected chi connectivity index (χ2v) is 8.46. The highest BCUT2D eigenvalue weighted by molar-refractivity contribution is 6.72. The van der Waals surface area contributed by atoms with E-state index in [0.717, 1.165) is 31.5 Å². The van der Waals surface area contributed by atoms with Crippen molar-refractivity contribution in [2.75, 3.05) is 13.2 Å². The maximum atomic E-state index is 10.8. The fourth-order valence-corrected chi connectivity index (χ4v) is 3.93. The van der Waals surface area contributed by atoms with Crippen LogP contribution in [0, 0.1) is 0 Å². The minimum atomic E-state index is -1.47. The van der Waals surface area contributed by atoms with E-state index in [9.17, 15) is 4.79 Å². The molecule has 0 aromatic rings. The lowest BCUT2D eigenvalue weighted by atomic mass is 10.4. The van der Waals surface area contributed by atoms with Crippen molar-refractivity contribution in [1.29, 1.82) is 0 Å². The highest BCUT2D eigenvalue weighted by atomic mass is 28.4. The Kier molecular flexibility index (Phi) is 8.20. The van der Waals surface area contributed by atoms with Gasteiger partial charge in [-0.25, -0.2) is 4.79 Å². The highest BCUT2D eigenvalue weighted by Crippen LogP contribution is 2.19. The van der Waals surface area contributed by atoms with E-state index in [1.165, 1.54) is 6.08 Å².